The van der Waals surface area contributed by atoms with E-state index < -0.39 is 0 Å². The van der Waals surface area contributed by atoms with Gasteiger partial charge in [-0.15, -0.1) is 0 Å². The number of hydrogen-bond donors (Lipinski definition) is 2. The van der Waals surface area contributed by atoms with Gasteiger partial charge in [-0.05, 0) is 59.0 Å². The number of benzene rings is 1. The van der Waals surface area contributed by atoms with E-state index in [1.54, 1.807) is 6.07 Å². The second-order valence-corrected chi connectivity index (χ2v) is 4.55. The van der Waals surface area contributed by atoms with Crippen LogP contribution >= 0.6 is 22.6 Å². The van der Waals surface area contributed by atoms with Gasteiger partial charge in [-0.3, -0.25) is 0 Å². The summed E-state index contributed by atoms with van der Waals surface area (Å²) >= 11 is 2.17. The number of phenolic OH excluding ortho intramolecular Hbond substituents is 1. The van der Waals surface area contributed by atoms with E-state index in [1.807, 2.05) is 6.07 Å². The predicted octanol–water partition coefficient (Wildman–Crippen LogP) is 2.33. The molecule has 0 aliphatic heterocycles. The highest BCUT2D eigenvalue weighted by Crippen LogP contribution is 2.35. The van der Waals surface area contributed by atoms with Crippen molar-refractivity contribution in [1.29, 1.82) is 0 Å². The molecule has 1 aromatic rings. The van der Waals surface area contributed by atoms with Crippen LogP contribution in [0.25, 0.3) is 0 Å². The Morgan fingerprint density at radius 2 is 2.23 bits per heavy atom. The number of rotatable bonds is 0. The molecule has 0 fully saturated rings. The van der Waals surface area contributed by atoms with Crippen LogP contribution in [0.5, 0.6) is 5.75 Å². The fourth-order valence-corrected chi connectivity index (χ4v) is 2.82. The van der Waals surface area contributed by atoms with Crippen molar-refractivity contribution < 1.29 is 5.11 Å². The molecule has 1 aliphatic carbocycles. The summed E-state index contributed by atoms with van der Waals surface area (Å²) in [5, 5.41) is 9.53. The Morgan fingerprint density at radius 1 is 1.46 bits per heavy atom. The van der Waals surface area contributed by atoms with Crippen LogP contribution in [0.3, 0.4) is 0 Å². The van der Waals surface area contributed by atoms with Gasteiger partial charge in [-0.1, -0.05) is 6.07 Å². The molecule has 2 nitrogen and oxygen atoms in total. The minimum Gasteiger partial charge on any atom is -0.507 e. The summed E-state index contributed by atoms with van der Waals surface area (Å²) in [6, 6.07) is 3.87. The molecular formula is C10H12INO. The molecule has 3 N–H and O–H groups in total. The van der Waals surface area contributed by atoms with Gasteiger partial charge in [0.25, 0.3) is 0 Å². The van der Waals surface area contributed by atoms with E-state index in [0.717, 1.165) is 28.4 Å². The Balaban J connectivity index is 2.58. The van der Waals surface area contributed by atoms with Crippen molar-refractivity contribution in [2.45, 2.75) is 25.3 Å². The molecule has 0 saturated carbocycles. The molecule has 0 heterocycles. The number of halogens is 1. The molecule has 13 heavy (non-hydrogen) atoms. The Kier molecular flexibility index (Phi) is 2.47. The lowest BCUT2D eigenvalue weighted by molar-refractivity contribution is 0.465. The summed E-state index contributed by atoms with van der Waals surface area (Å²) in [7, 11) is 0. The molecule has 0 aromatic heterocycles. The van der Waals surface area contributed by atoms with Crippen molar-refractivity contribution in [1.82, 2.24) is 0 Å². The van der Waals surface area contributed by atoms with Gasteiger partial charge in [0, 0.05) is 6.04 Å². The second kappa shape index (κ2) is 3.46. The predicted molar refractivity (Wildman–Crippen MR) is 60.7 cm³/mol. The maximum absolute atomic E-state index is 9.53. The van der Waals surface area contributed by atoms with Crippen molar-refractivity contribution in [3.8, 4) is 5.75 Å². The Labute approximate surface area is 91.3 Å². The lowest BCUT2D eigenvalue weighted by atomic mass is 9.88. The number of fused-ring (bicyclic) bond motifs is 1. The van der Waals surface area contributed by atoms with Crippen LogP contribution < -0.4 is 5.73 Å². The van der Waals surface area contributed by atoms with Crippen LogP contribution in [0.1, 0.15) is 30.0 Å². The molecule has 1 atom stereocenters. The molecule has 70 valence electrons. The molecule has 0 bridgehead atoms. The third-order valence-electron chi connectivity index (χ3n) is 2.58. The minimum atomic E-state index is 0.114. The van der Waals surface area contributed by atoms with Crippen molar-refractivity contribution in [3.63, 3.8) is 0 Å². The fraction of sp³-hybridized carbons (Fsp3) is 0.400. The third kappa shape index (κ3) is 1.55. The average molecular weight is 289 g/mol. The van der Waals surface area contributed by atoms with Gasteiger partial charge in [-0.25, -0.2) is 0 Å². The average Bonchev–Trinajstić information content (AvgIpc) is 2.12. The molecule has 1 unspecified atom stereocenters. The maximum Gasteiger partial charge on any atom is 0.129 e. The standard InChI is InChI=1S/C10H12INO/c11-10-8(13)5-4-6-2-1-3-7(12)9(6)10/h4-5,7,13H,1-3,12H2. The molecule has 0 radical (unpaired) electrons. The van der Waals surface area contributed by atoms with E-state index in [1.165, 1.54) is 5.56 Å². The highest BCUT2D eigenvalue weighted by molar-refractivity contribution is 14.1. The normalized spacial score (nSPS) is 21.2. The van der Waals surface area contributed by atoms with E-state index in [0.29, 0.717) is 5.75 Å². The third-order valence-corrected chi connectivity index (χ3v) is 3.72. The summed E-state index contributed by atoms with van der Waals surface area (Å²) in [6.07, 6.45) is 3.29. The zero-order valence-electron chi connectivity index (χ0n) is 7.26. The van der Waals surface area contributed by atoms with Crippen LogP contribution in [0.15, 0.2) is 12.1 Å². The number of aryl methyl sites for hydroxylation is 1. The molecular weight excluding hydrogens is 277 g/mol. The molecule has 1 aliphatic rings. The van der Waals surface area contributed by atoms with E-state index in [2.05, 4.69) is 22.6 Å². The number of aromatic hydroxyl groups is 1. The van der Waals surface area contributed by atoms with Gasteiger partial charge in [0.1, 0.15) is 5.75 Å². The maximum atomic E-state index is 9.53. The van der Waals surface area contributed by atoms with Crippen LogP contribution in [0, 0.1) is 3.57 Å². The van der Waals surface area contributed by atoms with Gasteiger partial charge in [0.15, 0.2) is 0 Å². The van der Waals surface area contributed by atoms with Gasteiger partial charge in [0.2, 0.25) is 0 Å². The number of phenols is 1. The largest absolute Gasteiger partial charge is 0.507 e. The first-order valence-electron chi connectivity index (χ1n) is 4.46. The van der Waals surface area contributed by atoms with E-state index in [-0.39, 0.29) is 6.04 Å². The molecule has 0 amide bonds. The quantitative estimate of drug-likeness (QED) is 0.720. The monoisotopic (exact) mass is 289 g/mol. The number of hydrogen-bond acceptors (Lipinski definition) is 2. The lowest BCUT2D eigenvalue weighted by Gasteiger charge is -2.23. The lowest BCUT2D eigenvalue weighted by Crippen LogP contribution is -2.18. The zero-order chi connectivity index (χ0) is 9.42. The molecule has 2 rings (SSSR count). The van der Waals surface area contributed by atoms with Crippen molar-refractivity contribution >= 4 is 22.6 Å². The minimum absolute atomic E-state index is 0.114. The van der Waals surface area contributed by atoms with Crippen LogP contribution in [-0.4, -0.2) is 5.11 Å². The summed E-state index contributed by atoms with van der Waals surface area (Å²) in [5.41, 5.74) is 8.47. The van der Waals surface area contributed by atoms with Crippen molar-refractivity contribution in [2.75, 3.05) is 0 Å². The van der Waals surface area contributed by atoms with Crippen LogP contribution in [0.2, 0.25) is 0 Å². The van der Waals surface area contributed by atoms with Crippen molar-refractivity contribution in [2.24, 2.45) is 5.73 Å². The summed E-state index contributed by atoms with van der Waals surface area (Å²) in [4.78, 5) is 0. The highest BCUT2D eigenvalue weighted by atomic mass is 127. The zero-order valence-corrected chi connectivity index (χ0v) is 9.41. The Morgan fingerprint density at radius 3 is 3.00 bits per heavy atom. The SMILES string of the molecule is NC1CCCc2ccc(O)c(I)c21. The van der Waals surface area contributed by atoms with Crippen molar-refractivity contribution in [3.05, 3.63) is 26.8 Å². The van der Waals surface area contributed by atoms with Gasteiger partial charge >= 0.3 is 0 Å². The second-order valence-electron chi connectivity index (χ2n) is 3.47. The molecule has 0 saturated heterocycles. The smallest absolute Gasteiger partial charge is 0.129 e. The van der Waals surface area contributed by atoms with Gasteiger partial charge < -0.3 is 10.8 Å². The summed E-state index contributed by atoms with van der Waals surface area (Å²) < 4.78 is 0.933. The Bertz CT molecular complexity index is 338. The van der Waals surface area contributed by atoms with Crippen LogP contribution in [0.4, 0.5) is 0 Å². The summed E-state index contributed by atoms with van der Waals surface area (Å²) in [5.74, 6) is 0.358. The summed E-state index contributed by atoms with van der Waals surface area (Å²) in [6.45, 7) is 0. The van der Waals surface area contributed by atoms with E-state index in [4.69, 9.17) is 5.73 Å². The Hall–Kier alpha value is -0.290. The highest BCUT2D eigenvalue weighted by Gasteiger charge is 2.20. The van der Waals surface area contributed by atoms with Gasteiger partial charge in [0.05, 0.1) is 3.57 Å². The molecule has 3 heteroatoms. The first kappa shape index (κ1) is 9.27. The first-order chi connectivity index (χ1) is 6.20. The van der Waals surface area contributed by atoms with E-state index >= 15 is 0 Å². The van der Waals surface area contributed by atoms with Crippen LogP contribution in [-0.2, 0) is 6.42 Å². The first-order valence-corrected chi connectivity index (χ1v) is 5.54. The topological polar surface area (TPSA) is 46.2 Å². The number of nitrogens with two attached hydrogens (primary N) is 1. The van der Waals surface area contributed by atoms with E-state index in [9.17, 15) is 5.11 Å². The van der Waals surface area contributed by atoms with Gasteiger partial charge in [-0.2, -0.15) is 0 Å². The molecule has 0 spiro atoms. The molecule has 1 aromatic carbocycles. The fourth-order valence-electron chi connectivity index (χ4n) is 1.90.